The standard InChI is InChI=1S/C14H22N4O/c1-18-6-2-3-10(9-18)8-17-13-7-11(15)4-5-12(13)14(16)19/h4-5,7,10,17H,2-3,6,8-9,15H2,1H3,(H2,16,19). The molecule has 104 valence electrons. The van der Waals surface area contributed by atoms with Crippen LogP contribution in [0.25, 0.3) is 0 Å². The van der Waals surface area contributed by atoms with Crippen molar-refractivity contribution in [1.82, 2.24) is 4.90 Å². The fourth-order valence-corrected chi connectivity index (χ4v) is 2.62. The van der Waals surface area contributed by atoms with Gasteiger partial charge in [-0.2, -0.15) is 0 Å². The van der Waals surface area contributed by atoms with Gasteiger partial charge < -0.3 is 21.7 Å². The molecule has 0 bridgehead atoms. The summed E-state index contributed by atoms with van der Waals surface area (Å²) in [7, 11) is 2.14. The Hall–Kier alpha value is -1.75. The van der Waals surface area contributed by atoms with Gasteiger partial charge in [0.05, 0.1) is 5.56 Å². The molecule has 1 aliphatic heterocycles. The van der Waals surface area contributed by atoms with Gasteiger partial charge >= 0.3 is 0 Å². The van der Waals surface area contributed by atoms with Crippen LogP contribution in [0.3, 0.4) is 0 Å². The largest absolute Gasteiger partial charge is 0.399 e. The summed E-state index contributed by atoms with van der Waals surface area (Å²) in [4.78, 5) is 13.7. The maximum atomic E-state index is 11.4. The Kier molecular flexibility index (Phi) is 4.27. The molecule has 1 aromatic carbocycles. The lowest BCUT2D eigenvalue weighted by atomic mass is 9.98. The topological polar surface area (TPSA) is 84.4 Å². The second-order valence-corrected chi connectivity index (χ2v) is 5.32. The summed E-state index contributed by atoms with van der Waals surface area (Å²) in [5, 5.41) is 3.32. The predicted molar refractivity (Wildman–Crippen MR) is 78.1 cm³/mol. The summed E-state index contributed by atoms with van der Waals surface area (Å²) in [6, 6.07) is 5.14. The van der Waals surface area contributed by atoms with Crippen LogP contribution in [0.1, 0.15) is 23.2 Å². The minimum Gasteiger partial charge on any atom is -0.399 e. The molecule has 0 spiro atoms. The lowest BCUT2D eigenvalue weighted by molar-refractivity contribution is 0.100. The molecule has 1 fully saturated rings. The maximum Gasteiger partial charge on any atom is 0.250 e. The molecule has 2 rings (SSSR count). The lowest BCUT2D eigenvalue weighted by Crippen LogP contribution is -2.35. The zero-order valence-corrected chi connectivity index (χ0v) is 11.4. The van der Waals surface area contributed by atoms with E-state index >= 15 is 0 Å². The number of nitrogens with zero attached hydrogens (tertiary/aromatic N) is 1. The highest BCUT2D eigenvalue weighted by molar-refractivity contribution is 5.99. The number of hydrogen-bond acceptors (Lipinski definition) is 4. The smallest absolute Gasteiger partial charge is 0.250 e. The number of hydrogen-bond donors (Lipinski definition) is 3. The van der Waals surface area contributed by atoms with Gasteiger partial charge in [-0.05, 0) is 50.6 Å². The summed E-state index contributed by atoms with van der Waals surface area (Å²) in [6.45, 7) is 3.09. The number of nitrogens with two attached hydrogens (primary N) is 2. The molecule has 0 aromatic heterocycles. The first-order valence-corrected chi connectivity index (χ1v) is 6.68. The third kappa shape index (κ3) is 3.61. The van der Waals surface area contributed by atoms with Gasteiger partial charge in [0.15, 0.2) is 0 Å². The van der Waals surface area contributed by atoms with Gasteiger partial charge in [-0.15, -0.1) is 0 Å². The normalized spacial score (nSPS) is 20.2. The van der Waals surface area contributed by atoms with E-state index in [0.717, 1.165) is 18.8 Å². The van der Waals surface area contributed by atoms with Crippen molar-refractivity contribution in [2.75, 3.05) is 37.7 Å². The van der Waals surface area contributed by atoms with E-state index < -0.39 is 5.91 Å². The van der Waals surface area contributed by atoms with Crippen LogP contribution in [-0.2, 0) is 0 Å². The maximum absolute atomic E-state index is 11.4. The number of primary amides is 1. The Labute approximate surface area is 113 Å². The van der Waals surface area contributed by atoms with E-state index in [0.29, 0.717) is 17.2 Å². The van der Waals surface area contributed by atoms with Crippen LogP contribution < -0.4 is 16.8 Å². The highest BCUT2D eigenvalue weighted by atomic mass is 16.1. The Morgan fingerprint density at radius 2 is 2.32 bits per heavy atom. The van der Waals surface area contributed by atoms with E-state index in [1.54, 1.807) is 18.2 Å². The fourth-order valence-electron chi connectivity index (χ4n) is 2.62. The number of likely N-dealkylation sites (tertiary alicyclic amines) is 1. The van der Waals surface area contributed by atoms with Crippen molar-refractivity contribution < 1.29 is 4.79 Å². The Morgan fingerprint density at radius 3 is 3.00 bits per heavy atom. The number of nitrogens with one attached hydrogen (secondary N) is 1. The van der Waals surface area contributed by atoms with Crippen LogP contribution in [0.2, 0.25) is 0 Å². The van der Waals surface area contributed by atoms with Crippen molar-refractivity contribution in [1.29, 1.82) is 0 Å². The van der Waals surface area contributed by atoms with Crippen LogP contribution in [0, 0.1) is 5.92 Å². The van der Waals surface area contributed by atoms with Gasteiger partial charge in [0, 0.05) is 24.5 Å². The molecule has 1 heterocycles. The summed E-state index contributed by atoms with van der Waals surface area (Å²) in [5.74, 6) is 0.171. The molecule has 1 unspecified atom stereocenters. The van der Waals surface area contributed by atoms with E-state index in [1.165, 1.54) is 19.4 Å². The van der Waals surface area contributed by atoms with Gasteiger partial charge in [-0.25, -0.2) is 0 Å². The molecule has 5 N–H and O–H groups in total. The van der Waals surface area contributed by atoms with Crippen molar-refractivity contribution in [3.8, 4) is 0 Å². The molecule has 1 amide bonds. The van der Waals surface area contributed by atoms with Crippen molar-refractivity contribution in [2.24, 2.45) is 11.7 Å². The fraction of sp³-hybridized carbons (Fsp3) is 0.500. The zero-order valence-electron chi connectivity index (χ0n) is 11.4. The number of carbonyl (C=O) groups is 1. The van der Waals surface area contributed by atoms with E-state index in [-0.39, 0.29) is 0 Å². The third-order valence-corrected chi connectivity index (χ3v) is 3.61. The van der Waals surface area contributed by atoms with Gasteiger partial charge in [0.2, 0.25) is 0 Å². The third-order valence-electron chi connectivity index (χ3n) is 3.61. The van der Waals surface area contributed by atoms with Crippen LogP contribution >= 0.6 is 0 Å². The summed E-state index contributed by atoms with van der Waals surface area (Å²) in [5.41, 5.74) is 13.0. The van der Waals surface area contributed by atoms with Gasteiger partial charge in [-0.1, -0.05) is 0 Å². The SMILES string of the molecule is CN1CCCC(CNc2cc(N)ccc2C(N)=O)C1. The van der Waals surface area contributed by atoms with Crippen molar-refractivity contribution >= 4 is 17.3 Å². The van der Waals surface area contributed by atoms with Crippen LogP contribution in [0.5, 0.6) is 0 Å². The van der Waals surface area contributed by atoms with Crippen LogP contribution in [0.15, 0.2) is 18.2 Å². The first-order valence-electron chi connectivity index (χ1n) is 6.68. The molecule has 0 radical (unpaired) electrons. The summed E-state index contributed by atoms with van der Waals surface area (Å²) in [6.07, 6.45) is 2.44. The number of rotatable bonds is 4. The molecule has 0 aliphatic carbocycles. The minimum atomic E-state index is -0.428. The number of amides is 1. The molecule has 1 aliphatic rings. The highest BCUT2D eigenvalue weighted by Gasteiger charge is 2.17. The van der Waals surface area contributed by atoms with Gasteiger partial charge in [-0.3, -0.25) is 4.79 Å². The number of anilines is 2. The predicted octanol–water partition coefficient (Wildman–Crippen LogP) is 1.12. The summed E-state index contributed by atoms with van der Waals surface area (Å²) >= 11 is 0. The zero-order chi connectivity index (χ0) is 13.8. The van der Waals surface area contributed by atoms with E-state index in [9.17, 15) is 4.79 Å². The van der Waals surface area contributed by atoms with E-state index in [1.807, 2.05) is 0 Å². The second kappa shape index (κ2) is 5.93. The lowest BCUT2D eigenvalue weighted by Gasteiger charge is -2.30. The Balaban J connectivity index is 2.02. The van der Waals surface area contributed by atoms with E-state index in [2.05, 4.69) is 17.3 Å². The molecule has 1 aromatic rings. The minimum absolute atomic E-state index is 0.428. The average molecular weight is 262 g/mol. The van der Waals surface area contributed by atoms with Gasteiger partial charge in [0.25, 0.3) is 5.91 Å². The average Bonchev–Trinajstić information content (AvgIpc) is 2.36. The molecule has 5 heteroatoms. The second-order valence-electron chi connectivity index (χ2n) is 5.32. The first-order chi connectivity index (χ1) is 9.06. The van der Waals surface area contributed by atoms with Crippen molar-refractivity contribution in [3.63, 3.8) is 0 Å². The molecule has 0 saturated carbocycles. The van der Waals surface area contributed by atoms with Gasteiger partial charge in [0.1, 0.15) is 0 Å². The van der Waals surface area contributed by atoms with Crippen molar-refractivity contribution in [3.05, 3.63) is 23.8 Å². The quantitative estimate of drug-likeness (QED) is 0.710. The summed E-state index contributed by atoms with van der Waals surface area (Å²) < 4.78 is 0. The molecule has 5 nitrogen and oxygen atoms in total. The molecule has 19 heavy (non-hydrogen) atoms. The number of piperidine rings is 1. The number of carbonyl (C=O) groups excluding carboxylic acids is 1. The highest BCUT2D eigenvalue weighted by Crippen LogP contribution is 2.21. The number of benzene rings is 1. The monoisotopic (exact) mass is 262 g/mol. The molecule has 1 atom stereocenters. The van der Waals surface area contributed by atoms with Crippen LogP contribution in [0.4, 0.5) is 11.4 Å². The molecular formula is C14H22N4O. The Morgan fingerprint density at radius 1 is 1.53 bits per heavy atom. The molecular weight excluding hydrogens is 240 g/mol. The van der Waals surface area contributed by atoms with Crippen LogP contribution in [-0.4, -0.2) is 37.5 Å². The first kappa shape index (κ1) is 13.7. The van der Waals surface area contributed by atoms with E-state index in [4.69, 9.17) is 11.5 Å². The van der Waals surface area contributed by atoms with Crippen molar-refractivity contribution in [2.45, 2.75) is 12.8 Å². The molecule has 1 saturated heterocycles. The number of nitrogen functional groups attached to an aromatic ring is 1. The Bertz CT molecular complexity index is 461.